The van der Waals surface area contributed by atoms with E-state index in [1.54, 1.807) is 18.2 Å². The minimum atomic E-state index is -4.81. The summed E-state index contributed by atoms with van der Waals surface area (Å²) >= 11 is 0. The number of rotatable bonds is 6. The van der Waals surface area contributed by atoms with E-state index >= 15 is 0 Å². The van der Waals surface area contributed by atoms with E-state index in [2.05, 4.69) is 14.8 Å². The quantitative estimate of drug-likeness (QED) is 0.590. The Hall–Kier alpha value is -3.53. The highest BCUT2D eigenvalue weighted by Crippen LogP contribution is 2.24. The van der Waals surface area contributed by atoms with E-state index < -0.39 is 28.0 Å². The minimum absolute atomic E-state index is 0.0704. The van der Waals surface area contributed by atoms with Gasteiger partial charge in [0.15, 0.2) is 0 Å². The van der Waals surface area contributed by atoms with E-state index in [1.807, 2.05) is 0 Å². The number of halogens is 3. The van der Waals surface area contributed by atoms with Gasteiger partial charge in [-0.15, -0.1) is 13.2 Å². The van der Waals surface area contributed by atoms with Gasteiger partial charge < -0.3 is 10.1 Å². The molecule has 0 aromatic heterocycles. The van der Waals surface area contributed by atoms with Crippen LogP contribution < -0.4 is 14.8 Å². The average molecular weight is 436 g/mol. The van der Waals surface area contributed by atoms with Crippen LogP contribution in [0.2, 0.25) is 0 Å². The Bertz CT molecular complexity index is 1130. The number of nitrogens with one attached hydrogen (secondary N) is 2. The third kappa shape index (κ3) is 5.74. The Morgan fingerprint density at radius 2 is 1.50 bits per heavy atom. The van der Waals surface area contributed by atoms with Crippen molar-refractivity contribution < 1.29 is 31.1 Å². The van der Waals surface area contributed by atoms with Crippen molar-refractivity contribution in [2.24, 2.45) is 0 Å². The van der Waals surface area contributed by atoms with Crippen LogP contribution in [0.15, 0.2) is 83.8 Å². The fourth-order valence-electron chi connectivity index (χ4n) is 2.48. The number of amides is 1. The molecule has 0 aliphatic heterocycles. The molecular formula is C20H15F3N2O4S. The van der Waals surface area contributed by atoms with Gasteiger partial charge in [0.2, 0.25) is 0 Å². The molecule has 10 heteroatoms. The fraction of sp³-hybridized carbons (Fsp3) is 0.0500. The lowest BCUT2D eigenvalue weighted by atomic mass is 10.2. The molecule has 3 aromatic carbocycles. The maximum Gasteiger partial charge on any atom is 0.573 e. The summed E-state index contributed by atoms with van der Waals surface area (Å²) < 4.78 is 67.6. The topological polar surface area (TPSA) is 84.5 Å². The summed E-state index contributed by atoms with van der Waals surface area (Å²) in [4.78, 5) is 12.5. The molecule has 156 valence electrons. The lowest BCUT2D eigenvalue weighted by molar-refractivity contribution is -0.274. The zero-order valence-electron chi connectivity index (χ0n) is 15.2. The maximum atomic E-state index is 12.4. The summed E-state index contributed by atoms with van der Waals surface area (Å²) in [6.45, 7) is 0. The molecule has 3 rings (SSSR count). The number of carbonyl (C=O) groups is 1. The number of carbonyl (C=O) groups excluding carboxylic acids is 1. The van der Waals surface area contributed by atoms with Gasteiger partial charge in [-0.05, 0) is 54.6 Å². The molecule has 2 N–H and O–H groups in total. The second kappa shape index (κ2) is 8.46. The summed E-state index contributed by atoms with van der Waals surface area (Å²) in [6.07, 6.45) is -4.81. The monoisotopic (exact) mass is 436 g/mol. The molecule has 6 nitrogen and oxygen atoms in total. The Morgan fingerprint density at radius 1 is 0.833 bits per heavy atom. The number of hydrogen-bond acceptors (Lipinski definition) is 4. The lowest BCUT2D eigenvalue weighted by Crippen LogP contribution is -2.17. The minimum Gasteiger partial charge on any atom is -0.406 e. The SMILES string of the molecule is O=C(Nc1ccc(OC(F)(F)F)cc1)c1cccc(NS(=O)(=O)c2ccccc2)c1. The van der Waals surface area contributed by atoms with Crippen LogP contribution >= 0.6 is 0 Å². The molecule has 0 aliphatic rings. The third-order valence-electron chi connectivity index (χ3n) is 3.78. The summed E-state index contributed by atoms with van der Waals surface area (Å²) in [6, 6.07) is 18.2. The molecule has 0 bridgehead atoms. The van der Waals surface area contributed by atoms with Crippen molar-refractivity contribution in [3.05, 3.63) is 84.4 Å². The largest absolute Gasteiger partial charge is 0.573 e. The summed E-state index contributed by atoms with van der Waals surface area (Å²) in [5, 5.41) is 2.52. The molecule has 0 heterocycles. The van der Waals surface area contributed by atoms with Gasteiger partial charge in [0.05, 0.1) is 4.90 Å². The molecule has 0 aliphatic carbocycles. The van der Waals surface area contributed by atoms with Crippen molar-refractivity contribution in [1.82, 2.24) is 0 Å². The van der Waals surface area contributed by atoms with Crippen LogP contribution in [0, 0.1) is 0 Å². The number of benzene rings is 3. The third-order valence-corrected chi connectivity index (χ3v) is 5.17. The first-order chi connectivity index (χ1) is 14.1. The first-order valence-electron chi connectivity index (χ1n) is 8.47. The standard InChI is InChI=1S/C20H15F3N2O4S/c21-20(22,23)29-17-11-9-15(10-12-17)24-19(26)14-5-4-6-16(13-14)25-30(27,28)18-7-2-1-3-8-18/h1-13,25H,(H,24,26). The Kier molecular flexibility index (Phi) is 5.97. The average Bonchev–Trinajstić information content (AvgIpc) is 2.69. The van der Waals surface area contributed by atoms with Gasteiger partial charge in [-0.3, -0.25) is 9.52 Å². The van der Waals surface area contributed by atoms with Crippen LogP contribution in [0.4, 0.5) is 24.5 Å². The van der Waals surface area contributed by atoms with Crippen LogP contribution in [0.3, 0.4) is 0 Å². The molecular weight excluding hydrogens is 421 g/mol. The van der Waals surface area contributed by atoms with E-state index in [4.69, 9.17) is 0 Å². The highest BCUT2D eigenvalue weighted by molar-refractivity contribution is 7.92. The highest BCUT2D eigenvalue weighted by atomic mass is 32.2. The normalized spacial score (nSPS) is 11.6. The second-order valence-electron chi connectivity index (χ2n) is 6.03. The highest BCUT2D eigenvalue weighted by Gasteiger charge is 2.31. The van der Waals surface area contributed by atoms with Crippen molar-refractivity contribution in [3.63, 3.8) is 0 Å². The van der Waals surface area contributed by atoms with Crippen LogP contribution in [0.25, 0.3) is 0 Å². The van der Waals surface area contributed by atoms with Crippen LogP contribution in [-0.4, -0.2) is 20.7 Å². The second-order valence-corrected chi connectivity index (χ2v) is 7.71. The molecule has 0 saturated carbocycles. The van der Waals surface area contributed by atoms with E-state index in [0.717, 1.165) is 12.1 Å². The van der Waals surface area contributed by atoms with Gasteiger partial charge >= 0.3 is 6.36 Å². The molecule has 1 amide bonds. The molecule has 3 aromatic rings. The van der Waals surface area contributed by atoms with Crippen LogP contribution in [-0.2, 0) is 10.0 Å². The summed E-state index contributed by atoms with van der Waals surface area (Å²) in [7, 11) is -3.82. The molecule has 0 fully saturated rings. The lowest BCUT2D eigenvalue weighted by Gasteiger charge is -2.11. The summed E-state index contributed by atoms with van der Waals surface area (Å²) in [5.74, 6) is -0.988. The van der Waals surface area contributed by atoms with E-state index in [-0.39, 0.29) is 21.8 Å². The fourth-order valence-corrected chi connectivity index (χ4v) is 3.55. The van der Waals surface area contributed by atoms with Crippen molar-refractivity contribution in [3.8, 4) is 5.75 Å². The molecule has 0 unspecified atom stereocenters. The number of sulfonamides is 1. The first-order valence-corrected chi connectivity index (χ1v) is 9.96. The van der Waals surface area contributed by atoms with Gasteiger partial charge in [0.1, 0.15) is 5.75 Å². The van der Waals surface area contributed by atoms with Crippen molar-refractivity contribution in [2.75, 3.05) is 10.0 Å². The van der Waals surface area contributed by atoms with Crippen molar-refractivity contribution >= 4 is 27.3 Å². The number of alkyl halides is 3. The van der Waals surface area contributed by atoms with Gasteiger partial charge in [0, 0.05) is 16.9 Å². The van der Waals surface area contributed by atoms with E-state index in [1.165, 1.54) is 48.5 Å². The Morgan fingerprint density at radius 3 is 2.13 bits per heavy atom. The van der Waals surface area contributed by atoms with Gasteiger partial charge in [-0.25, -0.2) is 8.42 Å². The van der Waals surface area contributed by atoms with Crippen LogP contribution in [0.1, 0.15) is 10.4 Å². The van der Waals surface area contributed by atoms with Crippen LogP contribution in [0.5, 0.6) is 5.75 Å². The van der Waals surface area contributed by atoms with Gasteiger partial charge in [-0.1, -0.05) is 24.3 Å². The van der Waals surface area contributed by atoms with E-state index in [0.29, 0.717) is 0 Å². The molecule has 0 atom stereocenters. The molecule has 30 heavy (non-hydrogen) atoms. The molecule has 0 spiro atoms. The molecule has 0 saturated heterocycles. The zero-order valence-corrected chi connectivity index (χ0v) is 16.0. The number of ether oxygens (including phenoxy) is 1. The zero-order chi connectivity index (χ0) is 21.8. The maximum absolute atomic E-state index is 12.4. The predicted octanol–water partition coefficient (Wildman–Crippen LogP) is 4.64. The van der Waals surface area contributed by atoms with Crippen molar-refractivity contribution in [1.29, 1.82) is 0 Å². The smallest absolute Gasteiger partial charge is 0.406 e. The summed E-state index contributed by atoms with van der Waals surface area (Å²) in [5.41, 5.74) is 0.573. The number of hydrogen-bond donors (Lipinski definition) is 2. The predicted molar refractivity (Wildman–Crippen MR) is 105 cm³/mol. The molecule has 0 radical (unpaired) electrons. The Labute approximate surface area is 170 Å². The van der Waals surface area contributed by atoms with Crippen molar-refractivity contribution in [2.45, 2.75) is 11.3 Å². The van der Waals surface area contributed by atoms with Gasteiger partial charge in [-0.2, -0.15) is 0 Å². The number of anilines is 2. The van der Waals surface area contributed by atoms with E-state index in [9.17, 15) is 26.4 Å². The Balaban J connectivity index is 1.70. The van der Waals surface area contributed by atoms with Gasteiger partial charge in [0.25, 0.3) is 15.9 Å². The first kappa shape index (κ1) is 21.2.